The van der Waals surface area contributed by atoms with Gasteiger partial charge < -0.3 is 5.32 Å². The first-order chi connectivity index (χ1) is 9.67. The van der Waals surface area contributed by atoms with Gasteiger partial charge in [-0.2, -0.15) is 0 Å². The van der Waals surface area contributed by atoms with Crippen LogP contribution in [0.4, 0.5) is 4.39 Å². The molecule has 2 aromatic rings. The van der Waals surface area contributed by atoms with E-state index in [1.807, 2.05) is 0 Å². The molecular formula is C15H16ClFN2S. The summed E-state index contributed by atoms with van der Waals surface area (Å²) in [5, 5.41) is 4.64. The van der Waals surface area contributed by atoms with Crippen molar-refractivity contribution in [3.8, 4) is 10.6 Å². The zero-order valence-electron chi connectivity index (χ0n) is 11.2. The van der Waals surface area contributed by atoms with Crippen molar-refractivity contribution >= 4 is 22.9 Å². The van der Waals surface area contributed by atoms with Gasteiger partial charge in [0.05, 0.1) is 5.69 Å². The van der Waals surface area contributed by atoms with Crippen LogP contribution in [0.2, 0.25) is 5.02 Å². The Balaban J connectivity index is 1.88. The van der Waals surface area contributed by atoms with Gasteiger partial charge in [0.15, 0.2) is 0 Å². The Labute approximate surface area is 127 Å². The minimum Gasteiger partial charge on any atom is -0.309 e. The van der Waals surface area contributed by atoms with Gasteiger partial charge in [0.2, 0.25) is 0 Å². The molecule has 1 heterocycles. The molecule has 0 saturated heterocycles. The quantitative estimate of drug-likeness (QED) is 0.884. The Morgan fingerprint density at radius 2 is 2.25 bits per heavy atom. The molecule has 1 aromatic heterocycles. The van der Waals surface area contributed by atoms with Gasteiger partial charge in [-0.25, -0.2) is 9.37 Å². The smallest absolute Gasteiger partial charge is 0.134 e. The molecule has 106 valence electrons. The molecule has 1 aliphatic carbocycles. The van der Waals surface area contributed by atoms with Crippen molar-refractivity contribution in [3.05, 3.63) is 39.6 Å². The van der Waals surface area contributed by atoms with Gasteiger partial charge in [0, 0.05) is 28.0 Å². The number of aromatic nitrogens is 1. The van der Waals surface area contributed by atoms with Crippen LogP contribution in [-0.4, -0.2) is 11.0 Å². The Bertz CT molecular complexity index is 622. The Hall–Kier alpha value is -0.970. The van der Waals surface area contributed by atoms with Crippen molar-refractivity contribution in [1.82, 2.24) is 10.3 Å². The fourth-order valence-electron chi connectivity index (χ4n) is 2.10. The molecule has 20 heavy (non-hydrogen) atoms. The Morgan fingerprint density at radius 3 is 2.90 bits per heavy atom. The lowest BCUT2D eigenvalue weighted by molar-refractivity contribution is 0.631. The number of nitrogens with one attached hydrogen (secondary N) is 1. The first-order valence-electron chi connectivity index (χ1n) is 6.84. The molecule has 1 N–H and O–H groups in total. The minimum atomic E-state index is -0.310. The van der Waals surface area contributed by atoms with Gasteiger partial charge in [-0.15, -0.1) is 11.3 Å². The summed E-state index contributed by atoms with van der Waals surface area (Å²) in [5.74, 6) is -0.310. The van der Waals surface area contributed by atoms with Gasteiger partial charge >= 0.3 is 0 Å². The predicted molar refractivity (Wildman–Crippen MR) is 81.8 cm³/mol. The maximum absolute atomic E-state index is 14.0. The zero-order valence-corrected chi connectivity index (χ0v) is 12.8. The summed E-state index contributed by atoms with van der Waals surface area (Å²) < 4.78 is 14.0. The molecule has 2 nitrogen and oxygen atoms in total. The number of hydrogen-bond acceptors (Lipinski definition) is 3. The summed E-state index contributed by atoms with van der Waals surface area (Å²) in [5.41, 5.74) is 1.60. The second-order valence-corrected chi connectivity index (χ2v) is 6.54. The number of hydrogen-bond donors (Lipinski definition) is 1. The highest BCUT2D eigenvalue weighted by Gasteiger charge is 2.21. The highest BCUT2D eigenvalue weighted by Crippen LogP contribution is 2.32. The van der Waals surface area contributed by atoms with Gasteiger partial charge in [0.25, 0.3) is 0 Å². The minimum absolute atomic E-state index is 0.310. The summed E-state index contributed by atoms with van der Waals surface area (Å²) in [4.78, 5) is 5.80. The molecule has 0 atom stereocenters. The summed E-state index contributed by atoms with van der Waals surface area (Å²) >= 11 is 7.36. The molecule has 0 aliphatic heterocycles. The van der Waals surface area contributed by atoms with Crippen LogP contribution in [0.25, 0.3) is 10.6 Å². The number of aryl methyl sites for hydroxylation is 1. The molecule has 0 unspecified atom stereocenters. The standard InChI is InChI=1S/C15H16ClFN2S/c1-2-13-14(8-18-10-4-5-10)20-15(19-13)11-6-3-9(16)7-12(11)17/h3,6-7,10,18H,2,4-5,8H2,1H3. The number of benzene rings is 1. The Kier molecular flexibility index (Phi) is 4.06. The third kappa shape index (κ3) is 3.03. The van der Waals surface area contributed by atoms with Crippen molar-refractivity contribution in [2.45, 2.75) is 38.8 Å². The van der Waals surface area contributed by atoms with Crippen LogP contribution in [0.5, 0.6) is 0 Å². The second-order valence-electron chi connectivity index (χ2n) is 5.02. The van der Waals surface area contributed by atoms with E-state index in [9.17, 15) is 4.39 Å². The van der Waals surface area contributed by atoms with E-state index in [1.54, 1.807) is 23.5 Å². The van der Waals surface area contributed by atoms with E-state index in [0.29, 0.717) is 16.6 Å². The molecule has 0 radical (unpaired) electrons. The van der Waals surface area contributed by atoms with E-state index < -0.39 is 0 Å². The fraction of sp³-hybridized carbons (Fsp3) is 0.400. The summed E-state index contributed by atoms with van der Waals surface area (Å²) in [6.07, 6.45) is 3.39. The number of halogens is 2. The maximum Gasteiger partial charge on any atom is 0.134 e. The van der Waals surface area contributed by atoms with Crippen molar-refractivity contribution in [2.75, 3.05) is 0 Å². The van der Waals surface area contributed by atoms with Gasteiger partial charge in [0.1, 0.15) is 10.8 Å². The van der Waals surface area contributed by atoms with Crippen LogP contribution >= 0.6 is 22.9 Å². The fourth-order valence-corrected chi connectivity index (χ4v) is 3.39. The summed E-state index contributed by atoms with van der Waals surface area (Å²) in [7, 11) is 0. The molecular weight excluding hydrogens is 295 g/mol. The normalized spacial score (nSPS) is 14.8. The van der Waals surface area contributed by atoms with E-state index in [-0.39, 0.29) is 5.82 Å². The van der Waals surface area contributed by atoms with Crippen LogP contribution in [0.3, 0.4) is 0 Å². The monoisotopic (exact) mass is 310 g/mol. The SMILES string of the molecule is CCc1nc(-c2ccc(Cl)cc2F)sc1CNC1CC1. The molecule has 1 aliphatic rings. The lowest BCUT2D eigenvalue weighted by Crippen LogP contribution is -2.15. The molecule has 5 heteroatoms. The van der Waals surface area contributed by atoms with E-state index >= 15 is 0 Å². The predicted octanol–water partition coefficient (Wildman–Crippen LogP) is 4.42. The second kappa shape index (κ2) is 5.80. The molecule has 3 rings (SSSR count). The van der Waals surface area contributed by atoms with E-state index in [0.717, 1.165) is 23.7 Å². The number of rotatable bonds is 5. The van der Waals surface area contributed by atoms with Crippen molar-refractivity contribution < 1.29 is 4.39 Å². The average Bonchev–Trinajstić information content (AvgIpc) is 3.16. The van der Waals surface area contributed by atoms with Crippen molar-refractivity contribution in [3.63, 3.8) is 0 Å². The largest absolute Gasteiger partial charge is 0.309 e. The van der Waals surface area contributed by atoms with Crippen LogP contribution in [-0.2, 0) is 13.0 Å². The van der Waals surface area contributed by atoms with Gasteiger partial charge in [-0.1, -0.05) is 18.5 Å². The number of nitrogens with zero attached hydrogens (tertiary/aromatic N) is 1. The zero-order chi connectivity index (χ0) is 14.1. The highest BCUT2D eigenvalue weighted by atomic mass is 35.5. The van der Waals surface area contributed by atoms with E-state index in [4.69, 9.17) is 11.6 Å². The van der Waals surface area contributed by atoms with E-state index in [2.05, 4.69) is 17.2 Å². The van der Waals surface area contributed by atoms with E-state index in [1.165, 1.54) is 23.8 Å². The molecule has 0 spiro atoms. The highest BCUT2D eigenvalue weighted by molar-refractivity contribution is 7.15. The third-order valence-electron chi connectivity index (χ3n) is 3.40. The summed E-state index contributed by atoms with van der Waals surface area (Å²) in [6.45, 7) is 2.92. The summed E-state index contributed by atoms with van der Waals surface area (Å²) in [6, 6.07) is 5.41. The van der Waals surface area contributed by atoms with Crippen molar-refractivity contribution in [1.29, 1.82) is 0 Å². The van der Waals surface area contributed by atoms with Crippen LogP contribution in [0.1, 0.15) is 30.3 Å². The Morgan fingerprint density at radius 1 is 1.45 bits per heavy atom. The maximum atomic E-state index is 14.0. The van der Waals surface area contributed by atoms with Crippen LogP contribution in [0.15, 0.2) is 18.2 Å². The molecule has 0 amide bonds. The average molecular weight is 311 g/mol. The number of thiazole rings is 1. The lowest BCUT2D eigenvalue weighted by Gasteiger charge is -2.00. The van der Waals surface area contributed by atoms with Crippen LogP contribution in [0, 0.1) is 5.82 Å². The van der Waals surface area contributed by atoms with Crippen molar-refractivity contribution in [2.24, 2.45) is 0 Å². The first kappa shape index (κ1) is 14.0. The van der Waals surface area contributed by atoms with Gasteiger partial charge in [-0.05, 0) is 37.5 Å². The third-order valence-corrected chi connectivity index (χ3v) is 4.77. The molecule has 0 bridgehead atoms. The van der Waals surface area contributed by atoms with Gasteiger partial charge in [-0.3, -0.25) is 0 Å². The molecule has 1 aromatic carbocycles. The molecule has 1 saturated carbocycles. The first-order valence-corrected chi connectivity index (χ1v) is 8.04. The lowest BCUT2D eigenvalue weighted by atomic mass is 10.2. The topological polar surface area (TPSA) is 24.9 Å². The van der Waals surface area contributed by atoms with Crippen LogP contribution < -0.4 is 5.32 Å². The molecule has 1 fully saturated rings.